The summed E-state index contributed by atoms with van der Waals surface area (Å²) in [4.78, 5) is 4.29. The summed E-state index contributed by atoms with van der Waals surface area (Å²) in [7, 11) is 0. The van der Waals surface area contributed by atoms with Crippen LogP contribution in [0.2, 0.25) is 0 Å². The molecular formula is C11H17BrN2S. The van der Waals surface area contributed by atoms with Crippen molar-refractivity contribution in [3.8, 4) is 0 Å². The summed E-state index contributed by atoms with van der Waals surface area (Å²) in [5.74, 6) is 0.901. The van der Waals surface area contributed by atoms with Gasteiger partial charge in [-0.2, -0.15) is 0 Å². The molecule has 1 rings (SSSR count). The van der Waals surface area contributed by atoms with E-state index >= 15 is 0 Å². The van der Waals surface area contributed by atoms with E-state index in [0.29, 0.717) is 0 Å². The maximum atomic E-state index is 6.07. The molecule has 0 fully saturated rings. The first-order valence-electron chi connectivity index (χ1n) is 4.89. The first kappa shape index (κ1) is 13.0. The Hall–Kier alpha value is -0.0600. The first-order valence-corrected chi connectivity index (χ1v) is 6.67. The van der Waals surface area contributed by atoms with Gasteiger partial charge in [-0.25, -0.2) is 4.98 Å². The van der Waals surface area contributed by atoms with Gasteiger partial charge in [-0.3, -0.25) is 0 Å². The Morgan fingerprint density at radius 2 is 2.13 bits per heavy atom. The summed E-state index contributed by atoms with van der Waals surface area (Å²) in [5, 5.41) is 1.03. The number of hydrogen-bond acceptors (Lipinski definition) is 3. The number of rotatable bonds is 3. The molecule has 15 heavy (non-hydrogen) atoms. The Balaban J connectivity index is 2.47. The molecule has 1 unspecified atom stereocenters. The molecule has 0 saturated carbocycles. The topological polar surface area (TPSA) is 38.9 Å². The summed E-state index contributed by atoms with van der Waals surface area (Å²) < 4.78 is 1.01. The molecule has 1 atom stereocenters. The van der Waals surface area contributed by atoms with E-state index in [9.17, 15) is 0 Å². The van der Waals surface area contributed by atoms with E-state index in [2.05, 4.69) is 41.7 Å². The Bertz CT molecular complexity index is 305. The monoisotopic (exact) mass is 288 g/mol. The number of halogens is 1. The van der Waals surface area contributed by atoms with Crippen molar-refractivity contribution < 1.29 is 0 Å². The molecule has 0 radical (unpaired) electrons. The highest BCUT2D eigenvalue weighted by molar-refractivity contribution is 9.10. The fourth-order valence-electron chi connectivity index (χ4n) is 0.873. The van der Waals surface area contributed by atoms with Crippen LogP contribution in [0.5, 0.6) is 0 Å². The number of nitrogens with two attached hydrogens (primary N) is 1. The first-order chi connectivity index (χ1) is 6.89. The lowest BCUT2D eigenvalue weighted by atomic mass is 9.89. The van der Waals surface area contributed by atoms with E-state index in [1.807, 2.05) is 18.3 Å². The Labute approximate surface area is 104 Å². The van der Waals surface area contributed by atoms with Crippen LogP contribution in [0, 0.1) is 5.41 Å². The predicted molar refractivity (Wildman–Crippen MR) is 70.1 cm³/mol. The number of thioether (sulfide) groups is 1. The quantitative estimate of drug-likeness (QED) is 0.868. The van der Waals surface area contributed by atoms with Gasteiger partial charge in [0.2, 0.25) is 0 Å². The van der Waals surface area contributed by atoms with Gasteiger partial charge >= 0.3 is 0 Å². The van der Waals surface area contributed by atoms with Crippen LogP contribution in [0.3, 0.4) is 0 Å². The standard InChI is InChI=1S/C11H17BrN2S/c1-11(2,3)9(13)7-15-10-5-4-8(12)6-14-10/h4-6,9H,7,13H2,1-3H3. The second kappa shape index (κ2) is 5.32. The third kappa shape index (κ3) is 4.53. The van der Waals surface area contributed by atoms with Gasteiger partial charge in [0.25, 0.3) is 0 Å². The highest BCUT2D eigenvalue weighted by atomic mass is 79.9. The molecule has 0 spiro atoms. The molecule has 0 aliphatic heterocycles. The smallest absolute Gasteiger partial charge is 0.0961 e. The summed E-state index contributed by atoms with van der Waals surface area (Å²) >= 11 is 5.07. The molecule has 84 valence electrons. The van der Waals surface area contributed by atoms with Gasteiger partial charge in [-0.05, 0) is 33.5 Å². The van der Waals surface area contributed by atoms with Crippen LogP contribution < -0.4 is 5.73 Å². The normalized spacial score (nSPS) is 13.9. The van der Waals surface area contributed by atoms with E-state index < -0.39 is 0 Å². The molecule has 1 aromatic heterocycles. The van der Waals surface area contributed by atoms with Gasteiger partial charge in [0.05, 0.1) is 5.03 Å². The average molecular weight is 289 g/mol. The molecule has 2 nitrogen and oxygen atoms in total. The number of hydrogen-bond donors (Lipinski definition) is 1. The van der Waals surface area contributed by atoms with Crippen LogP contribution in [-0.2, 0) is 0 Å². The maximum Gasteiger partial charge on any atom is 0.0961 e. The molecule has 1 heterocycles. The molecule has 0 aliphatic rings. The Morgan fingerprint density at radius 3 is 2.60 bits per heavy atom. The molecule has 0 bridgehead atoms. The van der Waals surface area contributed by atoms with E-state index in [1.165, 1.54) is 0 Å². The third-order valence-electron chi connectivity index (χ3n) is 2.22. The van der Waals surface area contributed by atoms with E-state index in [-0.39, 0.29) is 11.5 Å². The minimum Gasteiger partial charge on any atom is -0.326 e. The molecule has 2 N–H and O–H groups in total. The summed E-state index contributed by atoms with van der Waals surface area (Å²) in [6.45, 7) is 6.48. The lowest BCUT2D eigenvalue weighted by molar-refractivity contribution is 0.344. The second-order valence-electron chi connectivity index (χ2n) is 4.60. The zero-order chi connectivity index (χ0) is 11.5. The highest BCUT2D eigenvalue weighted by Crippen LogP contribution is 2.24. The van der Waals surface area contributed by atoms with E-state index in [0.717, 1.165) is 15.3 Å². The van der Waals surface area contributed by atoms with Crippen molar-refractivity contribution in [1.29, 1.82) is 0 Å². The van der Waals surface area contributed by atoms with Crippen LogP contribution in [-0.4, -0.2) is 16.8 Å². The number of pyridine rings is 1. The molecular weight excluding hydrogens is 272 g/mol. The van der Waals surface area contributed by atoms with Gasteiger partial charge in [0.15, 0.2) is 0 Å². The zero-order valence-electron chi connectivity index (χ0n) is 9.33. The van der Waals surface area contributed by atoms with Crippen molar-refractivity contribution in [1.82, 2.24) is 4.98 Å². The summed E-state index contributed by atoms with van der Waals surface area (Å²) in [6, 6.07) is 4.19. The zero-order valence-corrected chi connectivity index (χ0v) is 11.7. The minimum absolute atomic E-state index is 0.155. The molecule has 0 aromatic carbocycles. The van der Waals surface area contributed by atoms with E-state index in [1.54, 1.807) is 11.8 Å². The maximum absolute atomic E-state index is 6.07. The Morgan fingerprint density at radius 1 is 1.47 bits per heavy atom. The number of aromatic nitrogens is 1. The largest absolute Gasteiger partial charge is 0.326 e. The van der Waals surface area contributed by atoms with E-state index in [4.69, 9.17) is 5.73 Å². The minimum atomic E-state index is 0.155. The SMILES string of the molecule is CC(C)(C)C(N)CSc1ccc(Br)cn1. The van der Waals surface area contributed by atoms with Crippen molar-refractivity contribution >= 4 is 27.7 Å². The lowest BCUT2D eigenvalue weighted by Gasteiger charge is -2.26. The fourth-order valence-corrected chi connectivity index (χ4v) is 2.25. The molecule has 0 amide bonds. The van der Waals surface area contributed by atoms with Crippen LogP contribution in [0.4, 0.5) is 0 Å². The van der Waals surface area contributed by atoms with Crippen LogP contribution in [0.15, 0.2) is 27.8 Å². The molecule has 4 heteroatoms. The van der Waals surface area contributed by atoms with Gasteiger partial charge in [0.1, 0.15) is 0 Å². The van der Waals surface area contributed by atoms with Crippen molar-refractivity contribution in [2.24, 2.45) is 11.1 Å². The van der Waals surface area contributed by atoms with Crippen LogP contribution in [0.1, 0.15) is 20.8 Å². The van der Waals surface area contributed by atoms with Gasteiger partial charge in [-0.15, -0.1) is 11.8 Å². The third-order valence-corrected chi connectivity index (χ3v) is 3.76. The number of nitrogens with zero attached hydrogens (tertiary/aromatic N) is 1. The van der Waals surface area contributed by atoms with Crippen molar-refractivity contribution in [3.05, 3.63) is 22.8 Å². The molecule has 0 aliphatic carbocycles. The van der Waals surface area contributed by atoms with Gasteiger partial charge in [0, 0.05) is 22.5 Å². The van der Waals surface area contributed by atoms with Crippen molar-refractivity contribution in [2.45, 2.75) is 31.8 Å². The van der Waals surface area contributed by atoms with Gasteiger partial charge < -0.3 is 5.73 Å². The van der Waals surface area contributed by atoms with Crippen LogP contribution >= 0.6 is 27.7 Å². The summed E-state index contributed by atoms with van der Waals surface area (Å²) in [6.07, 6.45) is 1.81. The molecule has 0 saturated heterocycles. The lowest BCUT2D eigenvalue weighted by Crippen LogP contribution is -2.37. The molecule has 1 aromatic rings. The van der Waals surface area contributed by atoms with Crippen molar-refractivity contribution in [2.75, 3.05) is 5.75 Å². The predicted octanol–water partition coefficient (Wildman–Crippen LogP) is 3.31. The van der Waals surface area contributed by atoms with Gasteiger partial charge in [-0.1, -0.05) is 20.8 Å². The second-order valence-corrected chi connectivity index (χ2v) is 6.55. The highest BCUT2D eigenvalue weighted by Gasteiger charge is 2.20. The summed E-state index contributed by atoms with van der Waals surface area (Å²) in [5.41, 5.74) is 6.23. The fraction of sp³-hybridized carbons (Fsp3) is 0.545. The van der Waals surface area contributed by atoms with Crippen molar-refractivity contribution in [3.63, 3.8) is 0 Å². The average Bonchev–Trinajstić information content (AvgIpc) is 2.15. The Kier molecular flexibility index (Phi) is 4.62. The van der Waals surface area contributed by atoms with Crippen LogP contribution in [0.25, 0.3) is 0 Å².